The fourth-order valence-corrected chi connectivity index (χ4v) is 5.17. The molecule has 1 N–H and O–H groups in total. The van der Waals surface area contributed by atoms with Gasteiger partial charge in [-0.25, -0.2) is 13.9 Å². The normalized spacial score (nSPS) is 15.7. The maximum Gasteiger partial charge on any atom is 0.338 e. The first-order valence-corrected chi connectivity index (χ1v) is 11.4. The zero-order chi connectivity index (χ0) is 21.3. The molecule has 30 heavy (non-hydrogen) atoms. The molecule has 0 spiro atoms. The second kappa shape index (κ2) is 8.61. The van der Waals surface area contributed by atoms with Gasteiger partial charge in [0.1, 0.15) is 11.9 Å². The Hall–Kier alpha value is -2.65. The van der Waals surface area contributed by atoms with Crippen molar-refractivity contribution in [1.29, 1.82) is 0 Å². The number of esters is 1. The van der Waals surface area contributed by atoms with E-state index in [0.717, 1.165) is 10.4 Å². The minimum atomic E-state index is -0.421. The van der Waals surface area contributed by atoms with E-state index in [2.05, 4.69) is 15.4 Å². The Morgan fingerprint density at radius 2 is 2.13 bits per heavy atom. The third-order valence-electron chi connectivity index (χ3n) is 4.79. The zero-order valence-electron chi connectivity index (χ0n) is 16.8. The predicted molar refractivity (Wildman–Crippen MR) is 116 cm³/mol. The van der Waals surface area contributed by atoms with Gasteiger partial charge in [-0.2, -0.15) is 4.98 Å². The number of anilines is 1. The van der Waals surface area contributed by atoms with Crippen LogP contribution >= 0.6 is 23.1 Å². The van der Waals surface area contributed by atoms with Crippen molar-refractivity contribution in [3.05, 3.63) is 68.8 Å². The molecule has 0 bridgehead atoms. The highest BCUT2D eigenvalue weighted by molar-refractivity contribution is 7.98. The van der Waals surface area contributed by atoms with Gasteiger partial charge in [-0.3, -0.25) is 0 Å². The highest BCUT2D eigenvalue weighted by Gasteiger charge is 2.36. The van der Waals surface area contributed by atoms with Crippen molar-refractivity contribution in [2.75, 3.05) is 11.9 Å². The number of fused-ring (bicyclic) bond motifs is 1. The number of carbonyl (C=O) groups excluding carboxylic acids is 1. The molecule has 9 heteroatoms. The number of aryl methyl sites for hydroxylation is 1. The lowest BCUT2D eigenvalue weighted by atomic mass is 10.00. The van der Waals surface area contributed by atoms with Crippen LogP contribution in [0.3, 0.4) is 0 Å². The smallest absolute Gasteiger partial charge is 0.338 e. The van der Waals surface area contributed by atoms with Crippen molar-refractivity contribution >= 4 is 35.0 Å². The van der Waals surface area contributed by atoms with Gasteiger partial charge in [0.25, 0.3) is 0 Å². The fourth-order valence-electron chi connectivity index (χ4n) is 3.33. The number of benzene rings is 1. The Bertz CT molecular complexity index is 1120. The number of allylic oxidation sites excluding steroid dienone is 1. The molecule has 3 aromatic rings. The Balaban J connectivity index is 1.69. The first-order valence-electron chi connectivity index (χ1n) is 9.51. The number of aromatic nitrogens is 3. The predicted octanol–water partition coefficient (Wildman–Crippen LogP) is 4.93. The molecule has 0 aliphatic carbocycles. The minimum absolute atomic E-state index is 0.249. The molecule has 1 aliphatic rings. The van der Waals surface area contributed by atoms with E-state index in [0.29, 0.717) is 40.3 Å². The Kier molecular flexibility index (Phi) is 5.92. The van der Waals surface area contributed by atoms with Crippen LogP contribution in [0.2, 0.25) is 0 Å². The van der Waals surface area contributed by atoms with Gasteiger partial charge >= 0.3 is 5.97 Å². The molecule has 0 saturated carbocycles. The summed E-state index contributed by atoms with van der Waals surface area (Å²) in [5.74, 6) is 0.341. The van der Waals surface area contributed by atoms with Crippen molar-refractivity contribution in [1.82, 2.24) is 14.8 Å². The summed E-state index contributed by atoms with van der Waals surface area (Å²) in [5, 5.41) is 10.3. The van der Waals surface area contributed by atoms with Crippen molar-refractivity contribution in [3.63, 3.8) is 0 Å². The average Bonchev–Trinajstić information content (AvgIpc) is 3.32. The Morgan fingerprint density at radius 3 is 2.83 bits per heavy atom. The lowest BCUT2D eigenvalue weighted by molar-refractivity contribution is -0.139. The summed E-state index contributed by atoms with van der Waals surface area (Å²) in [5.41, 5.74) is 2.88. The Morgan fingerprint density at radius 1 is 1.33 bits per heavy atom. The fraction of sp³-hybridized carbons (Fsp3) is 0.286. The van der Waals surface area contributed by atoms with Gasteiger partial charge in [-0.05, 0) is 49.4 Å². The summed E-state index contributed by atoms with van der Waals surface area (Å²) >= 11 is 2.92. The standard InChI is InChI=1S/C21H21FN4O2S2/c1-4-28-19(27)16-13(3)23-20-24-21(30-11-14-7-5-6-8-15(14)22)25-26(20)17(16)18-12(2)9-10-29-18/h5-10,17H,4,11H2,1-3H3,(H,23,24,25). The average molecular weight is 445 g/mol. The number of halogens is 1. The second-order valence-corrected chi connectivity index (χ2v) is 8.69. The van der Waals surface area contributed by atoms with Crippen molar-refractivity contribution in [3.8, 4) is 0 Å². The van der Waals surface area contributed by atoms with E-state index in [4.69, 9.17) is 4.74 Å². The molecule has 2 aromatic heterocycles. The van der Waals surface area contributed by atoms with Gasteiger partial charge < -0.3 is 10.1 Å². The van der Waals surface area contributed by atoms with Crippen LogP contribution in [0, 0.1) is 12.7 Å². The summed E-state index contributed by atoms with van der Waals surface area (Å²) < 4.78 is 21.0. The number of thiophene rings is 1. The van der Waals surface area contributed by atoms with E-state index in [-0.39, 0.29) is 11.8 Å². The number of thioether (sulfide) groups is 1. The molecular weight excluding hydrogens is 423 g/mol. The molecule has 3 heterocycles. The number of rotatable bonds is 6. The van der Waals surface area contributed by atoms with Crippen molar-refractivity contribution < 1.29 is 13.9 Å². The highest BCUT2D eigenvalue weighted by atomic mass is 32.2. The lowest BCUT2D eigenvalue weighted by Crippen LogP contribution is -2.29. The van der Waals surface area contributed by atoms with Crippen LogP contribution in [0.15, 0.2) is 52.1 Å². The first kappa shape index (κ1) is 20.6. The third-order valence-corrected chi connectivity index (χ3v) is 6.75. The number of carbonyl (C=O) groups is 1. The molecule has 0 fully saturated rings. The zero-order valence-corrected chi connectivity index (χ0v) is 18.4. The lowest BCUT2D eigenvalue weighted by Gasteiger charge is -2.27. The Labute approximate surface area is 182 Å². The largest absolute Gasteiger partial charge is 0.463 e. The molecular formula is C21H21FN4O2S2. The van der Waals surface area contributed by atoms with E-state index < -0.39 is 6.04 Å². The van der Waals surface area contributed by atoms with E-state index in [1.54, 1.807) is 41.1 Å². The monoisotopic (exact) mass is 444 g/mol. The molecule has 6 nitrogen and oxygen atoms in total. The summed E-state index contributed by atoms with van der Waals surface area (Å²) in [7, 11) is 0. The van der Waals surface area contributed by atoms with Gasteiger partial charge in [-0.1, -0.05) is 30.0 Å². The summed E-state index contributed by atoms with van der Waals surface area (Å²) in [4.78, 5) is 18.4. The summed E-state index contributed by atoms with van der Waals surface area (Å²) in [6, 6.07) is 8.26. The van der Waals surface area contributed by atoms with Crippen molar-refractivity contribution in [2.45, 2.75) is 37.7 Å². The summed E-state index contributed by atoms with van der Waals surface area (Å²) in [6.07, 6.45) is 0. The maximum atomic E-state index is 13.9. The van der Waals surface area contributed by atoms with E-state index >= 15 is 0 Å². The number of nitrogens with zero attached hydrogens (tertiary/aromatic N) is 3. The minimum Gasteiger partial charge on any atom is -0.463 e. The SMILES string of the molecule is CCOC(=O)C1=C(C)Nc2nc(SCc3ccccc3F)nn2C1c1sccc1C. The number of ether oxygens (including phenoxy) is 1. The van der Waals surface area contributed by atoms with Crippen LogP contribution in [0.25, 0.3) is 0 Å². The van der Waals surface area contributed by atoms with Crippen molar-refractivity contribution in [2.24, 2.45) is 0 Å². The van der Waals surface area contributed by atoms with Crippen LogP contribution in [-0.2, 0) is 15.3 Å². The van der Waals surface area contributed by atoms with Gasteiger partial charge in [0.05, 0.1) is 12.2 Å². The number of hydrogen-bond donors (Lipinski definition) is 1. The molecule has 1 atom stereocenters. The molecule has 156 valence electrons. The van der Waals surface area contributed by atoms with Gasteiger partial charge in [0.2, 0.25) is 11.1 Å². The molecule has 0 amide bonds. The maximum absolute atomic E-state index is 13.9. The molecule has 0 radical (unpaired) electrons. The number of nitrogens with one attached hydrogen (secondary N) is 1. The second-order valence-electron chi connectivity index (χ2n) is 6.80. The number of hydrogen-bond acceptors (Lipinski definition) is 7. The van der Waals surface area contributed by atoms with Gasteiger partial charge in [0.15, 0.2) is 0 Å². The highest BCUT2D eigenvalue weighted by Crippen LogP contribution is 2.40. The van der Waals surface area contributed by atoms with E-state index in [9.17, 15) is 9.18 Å². The van der Waals surface area contributed by atoms with E-state index in [1.165, 1.54) is 17.8 Å². The van der Waals surface area contributed by atoms with Crippen LogP contribution in [0.1, 0.15) is 35.9 Å². The third kappa shape index (κ3) is 3.87. The van der Waals surface area contributed by atoms with Crippen LogP contribution in [-0.4, -0.2) is 27.3 Å². The molecule has 4 rings (SSSR count). The van der Waals surface area contributed by atoms with E-state index in [1.807, 2.05) is 25.3 Å². The van der Waals surface area contributed by atoms with Gasteiger partial charge in [-0.15, -0.1) is 16.4 Å². The molecule has 1 unspecified atom stereocenters. The van der Waals surface area contributed by atoms with Crippen LogP contribution < -0.4 is 5.32 Å². The van der Waals surface area contributed by atoms with Gasteiger partial charge in [0, 0.05) is 16.3 Å². The van der Waals surface area contributed by atoms with Crippen LogP contribution in [0.5, 0.6) is 0 Å². The molecule has 1 aliphatic heterocycles. The van der Waals surface area contributed by atoms with Crippen LogP contribution in [0.4, 0.5) is 10.3 Å². The summed E-state index contributed by atoms with van der Waals surface area (Å²) in [6.45, 7) is 5.93. The quantitative estimate of drug-likeness (QED) is 0.429. The molecule has 0 saturated heterocycles. The first-order chi connectivity index (χ1) is 14.5. The topological polar surface area (TPSA) is 69.0 Å². The molecule has 1 aromatic carbocycles.